The van der Waals surface area contributed by atoms with Crippen LogP contribution in [0.1, 0.15) is 17.3 Å². The van der Waals surface area contributed by atoms with E-state index in [0.29, 0.717) is 36.2 Å². The molecule has 0 aliphatic heterocycles. The van der Waals surface area contributed by atoms with Crippen LogP contribution in [0.4, 0.5) is 4.79 Å². The van der Waals surface area contributed by atoms with E-state index in [2.05, 4.69) is 15.5 Å². The summed E-state index contributed by atoms with van der Waals surface area (Å²) < 4.78 is 15.7. The van der Waals surface area contributed by atoms with Crippen LogP contribution in [-0.2, 0) is 13.0 Å². The Morgan fingerprint density at radius 3 is 2.62 bits per heavy atom. The predicted molar refractivity (Wildman–Crippen MR) is 87.2 cm³/mol. The fourth-order valence-corrected chi connectivity index (χ4v) is 2.13. The largest absolute Gasteiger partial charge is 0.493 e. The molecule has 2 aromatic rings. The van der Waals surface area contributed by atoms with Gasteiger partial charge in [0.05, 0.1) is 20.8 Å². The summed E-state index contributed by atoms with van der Waals surface area (Å²) in [5.74, 6) is 2.21. The average Bonchev–Trinajstić information content (AvgIpc) is 3.02. The van der Waals surface area contributed by atoms with Gasteiger partial charge in [-0.3, -0.25) is 0 Å². The molecular weight excluding hydrogens is 312 g/mol. The topological polar surface area (TPSA) is 89.7 Å². The highest BCUT2D eigenvalue weighted by atomic mass is 16.5. The van der Waals surface area contributed by atoms with Crippen LogP contribution in [0.3, 0.4) is 0 Å². The number of likely N-dealkylation sites (N-methyl/N-ethyl adjacent to an activating group) is 1. The number of methoxy groups -OCH3 is 2. The second-order valence-electron chi connectivity index (χ2n) is 5.23. The highest BCUT2D eigenvalue weighted by Gasteiger charge is 2.11. The van der Waals surface area contributed by atoms with Crippen LogP contribution in [0.2, 0.25) is 0 Å². The summed E-state index contributed by atoms with van der Waals surface area (Å²) in [4.78, 5) is 13.6. The second kappa shape index (κ2) is 8.19. The normalized spacial score (nSPS) is 10.3. The van der Waals surface area contributed by atoms with Gasteiger partial charge in [0.1, 0.15) is 0 Å². The van der Waals surface area contributed by atoms with Gasteiger partial charge in [0.2, 0.25) is 11.8 Å². The Labute approximate surface area is 140 Å². The maximum Gasteiger partial charge on any atom is 0.317 e. The van der Waals surface area contributed by atoms with E-state index >= 15 is 0 Å². The van der Waals surface area contributed by atoms with E-state index in [9.17, 15) is 4.79 Å². The molecule has 0 fully saturated rings. The molecular formula is C16H22N4O4. The SMILES string of the molecule is COc1ccc(CCN(C)C(=O)NCc2nnc(C)o2)cc1OC. The molecule has 0 atom stereocenters. The minimum Gasteiger partial charge on any atom is -0.493 e. The van der Waals surface area contributed by atoms with Crippen LogP contribution >= 0.6 is 0 Å². The molecule has 0 spiro atoms. The number of ether oxygens (including phenoxy) is 2. The highest BCUT2D eigenvalue weighted by Crippen LogP contribution is 2.27. The number of carbonyl (C=O) groups is 1. The molecule has 2 rings (SSSR count). The zero-order valence-electron chi connectivity index (χ0n) is 14.3. The van der Waals surface area contributed by atoms with Gasteiger partial charge in [0, 0.05) is 20.5 Å². The molecule has 8 nitrogen and oxygen atoms in total. The molecule has 1 aromatic heterocycles. The number of nitrogens with one attached hydrogen (secondary N) is 1. The van der Waals surface area contributed by atoms with Gasteiger partial charge < -0.3 is 24.1 Å². The minimum absolute atomic E-state index is 0.202. The van der Waals surface area contributed by atoms with Crippen LogP contribution in [0, 0.1) is 6.92 Å². The number of nitrogens with zero attached hydrogens (tertiary/aromatic N) is 3. The van der Waals surface area contributed by atoms with Crippen molar-refractivity contribution >= 4 is 6.03 Å². The van der Waals surface area contributed by atoms with Crippen LogP contribution < -0.4 is 14.8 Å². The smallest absolute Gasteiger partial charge is 0.317 e. The van der Waals surface area contributed by atoms with Crippen LogP contribution in [-0.4, -0.2) is 48.9 Å². The number of hydrogen-bond acceptors (Lipinski definition) is 6. The molecule has 1 heterocycles. The van der Waals surface area contributed by atoms with Crippen molar-refractivity contribution in [1.82, 2.24) is 20.4 Å². The van der Waals surface area contributed by atoms with Gasteiger partial charge in [-0.2, -0.15) is 0 Å². The van der Waals surface area contributed by atoms with E-state index in [1.165, 1.54) is 0 Å². The van der Waals surface area contributed by atoms with E-state index in [4.69, 9.17) is 13.9 Å². The molecule has 0 aliphatic rings. The van der Waals surface area contributed by atoms with Gasteiger partial charge in [0.25, 0.3) is 0 Å². The molecule has 2 amide bonds. The van der Waals surface area contributed by atoms with E-state index in [1.807, 2.05) is 18.2 Å². The first-order chi connectivity index (χ1) is 11.5. The Morgan fingerprint density at radius 1 is 1.25 bits per heavy atom. The Bertz CT molecular complexity index is 686. The van der Waals surface area contributed by atoms with Crippen LogP contribution in [0.5, 0.6) is 11.5 Å². The maximum atomic E-state index is 12.0. The van der Waals surface area contributed by atoms with Gasteiger partial charge in [-0.15, -0.1) is 10.2 Å². The number of carbonyl (C=O) groups excluding carboxylic acids is 1. The molecule has 24 heavy (non-hydrogen) atoms. The van der Waals surface area contributed by atoms with Gasteiger partial charge >= 0.3 is 6.03 Å². The van der Waals surface area contributed by atoms with Crippen molar-refractivity contribution < 1.29 is 18.7 Å². The summed E-state index contributed by atoms with van der Waals surface area (Å²) in [6, 6.07) is 5.51. The molecule has 130 valence electrons. The highest BCUT2D eigenvalue weighted by molar-refractivity contribution is 5.73. The van der Waals surface area contributed by atoms with Crippen molar-refractivity contribution in [3.8, 4) is 11.5 Å². The van der Waals surface area contributed by atoms with E-state index in [-0.39, 0.29) is 12.6 Å². The van der Waals surface area contributed by atoms with Crippen molar-refractivity contribution in [1.29, 1.82) is 0 Å². The van der Waals surface area contributed by atoms with Gasteiger partial charge in [0.15, 0.2) is 11.5 Å². The number of hydrogen-bond donors (Lipinski definition) is 1. The molecule has 0 aliphatic carbocycles. The molecule has 0 saturated heterocycles. The first-order valence-electron chi connectivity index (χ1n) is 7.52. The number of amides is 2. The minimum atomic E-state index is -0.202. The monoisotopic (exact) mass is 334 g/mol. The molecule has 1 N–H and O–H groups in total. The van der Waals surface area contributed by atoms with Crippen LogP contribution in [0.15, 0.2) is 22.6 Å². The zero-order valence-corrected chi connectivity index (χ0v) is 14.3. The summed E-state index contributed by atoms with van der Waals surface area (Å²) in [5, 5.41) is 10.3. The Hall–Kier alpha value is -2.77. The first kappa shape index (κ1) is 17.6. The standard InChI is InChI=1S/C16H22N4O4/c1-11-18-19-15(24-11)10-17-16(21)20(2)8-7-12-5-6-13(22-3)14(9-12)23-4/h5-6,9H,7-8,10H2,1-4H3,(H,17,21). The number of rotatable bonds is 7. The lowest BCUT2D eigenvalue weighted by atomic mass is 10.1. The Kier molecular flexibility index (Phi) is 6.00. The summed E-state index contributed by atoms with van der Waals surface area (Å²) in [5.41, 5.74) is 1.06. The predicted octanol–water partition coefficient (Wildman–Crippen LogP) is 1.78. The third-order valence-electron chi connectivity index (χ3n) is 3.49. The van der Waals surface area contributed by atoms with Gasteiger partial charge in [-0.05, 0) is 24.1 Å². The van der Waals surface area contributed by atoms with Crippen molar-refractivity contribution in [2.75, 3.05) is 27.8 Å². The maximum absolute atomic E-state index is 12.0. The molecule has 0 saturated carbocycles. The number of aryl methyl sites for hydroxylation is 1. The molecule has 1 aromatic carbocycles. The molecule has 0 radical (unpaired) electrons. The molecule has 0 bridgehead atoms. The fraction of sp³-hybridized carbons (Fsp3) is 0.438. The Morgan fingerprint density at radius 2 is 2.00 bits per heavy atom. The quantitative estimate of drug-likeness (QED) is 0.830. The van der Waals surface area contributed by atoms with Gasteiger partial charge in [-0.25, -0.2) is 4.79 Å². The zero-order chi connectivity index (χ0) is 17.5. The second-order valence-corrected chi connectivity index (χ2v) is 5.23. The van der Waals surface area contributed by atoms with E-state index in [1.54, 1.807) is 33.1 Å². The first-order valence-corrected chi connectivity index (χ1v) is 7.52. The van der Waals surface area contributed by atoms with E-state index in [0.717, 1.165) is 5.56 Å². The molecule has 8 heteroatoms. The summed E-state index contributed by atoms with van der Waals surface area (Å²) in [6.45, 7) is 2.47. The van der Waals surface area contributed by atoms with Crippen molar-refractivity contribution in [3.63, 3.8) is 0 Å². The average molecular weight is 334 g/mol. The number of benzene rings is 1. The lowest BCUT2D eigenvalue weighted by Crippen LogP contribution is -2.38. The lowest BCUT2D eigenvalue weighted by molar-refractivity contribution is 0.207. The summed E-state index contributed by atoms with van der Waals surface area (Å²) in [7, 11) is 4.93. The number of urea groups is 1. The summed E-state index contributed by atoms with van der Waals surface area (Å²) >= 11 is 0. The lowest BCUT2D eigenvalue weighted by Gasteiger charge is -2.17. The third kappa shape index (κ3) is 4.61. The van der Waals surface area contributed by atoms with Crippen molar-refractivity contribution in [2.45, 2.75) is 19.9 Å². The summed E-state index contributed by atoms with van der Waals surface area (Å²) in [6.07, 6.45) is 0.698. The fourth-order valence-electron chi connectivity index (χ4n) is 2.13. The van der Waals surface area contributed by atoms with Gasteiger partial charge in [-0.1, -0.05) is 6.07 Å². The number of aromatic nitrogens is 2. The third-order valence-corrected chi connectivity index (χ3v) is 3.49. The van der Waals surface area contributed by atoms with Crippen molar-refractivity contribution in [3.05, 3.63) is 35.5 Å². The van der Waals surface area contributed by atoms with Crippen LogP contribution in [0.25, 0.3) is 0 Å². The van der Waals surface area contributed by atoms with E-state index < -0.39 is 0 Å². The molecule has 0 unspecified atom stereocenters. The Balaban J connectivity index is 1.83. The van der Waals surface area contributed by atoms with Crippen molar-refractivity contribution in [2.24, 2.45) is 0 Å².